The van der Waals surface area contributed by atoms with Crippen LogP contribution in [0.3, 0.4) is 0 Å². The topological polar surface area (TPSA) is 192 Å². The standard InChI is InChI=1S/C43H83NO11S/c1-3-5-7-9-11-13-15-17-19-21-23-25-27-29-31-33-39(47)44-36(35-53-43-41(49)42(55-56(50,51)52)40(48)38(34-45)54-43)37(46)32-30-28-26-24-22-20-18-16-14-12-10-8-6-4-2/h13,15,36-38,40-43,45-46,48-49H,3-12,14,16-35H2,1-2H3,(H,44,47)(H,50,51,52)/b15-13-. The summed E-state index contributed by atoms with van der Waals surface area (Å²) in [6.07, 6.45) is 27.8. The zero-order valence-electron chi connectivity index (χ0n) is 35.2. The minimum absolute atomic E-state index is 0.235. The fourth-order valence-corrected chi connectivity index (χ4v) is 7.79. The third-order valence-electron chi connectivity index (χ3n) is 10.8. The van der Waals surface area contributed by atoms with Gasteiger partial charge in [-0.05, 0) is 38.5 Å². The first-order valence-corrected chi connectivity index (χ1v) is 23.9. The first kappa shape index (κ1) is 52.9. The highest BCUT2D eigenvalue weighted by Crippen LogP contribution is 2.26. The Morgan fingerprint density at radius 3 is 1.62 bits per heavy atom. The van der Waals surface area contributed by atoms with Crippen LogP contribution in [0.2, 0.25) is 0 Å². The molecular formula is C43H83NO11S. The number of ether oxygens (including phenoxy) is 2. The fourth-order valence-electron chi connectivity index (χ4n) is 7.28. The number of unbranched alkanes of at least 4 members (excludes halogenated alkanes) is 24. The maximum absolute atomic E-state index is 13.0. The number of rotatable bonds is 38. The predicted octanol–water partition coefficient (Wildman–Crippen LogP) is 8.38. The summed E-state index contributed by atoms with van der Waals surface area (Å²) in [6, 6.07) is -0.856. The SMILES string of the molecule is CCCCCC/C=C\CCCCCCCCCC(=O)NC(COC1OC(CO)C(O)C(OS(=O)(=O)O)C1O)C(O)CCCCCCCCCCCCCCCC. The van der Waals surface area contributed by atoms with Gasteiger partial charge < -0.3 is 35.2 Å². The van der Waals surface area contributed by atoms with Gasteiger partial charge in [0, 0.05) is 6.42 Å². The van der Waals surface area contributed by atoms with Gasteiger partial charge in [-0.3, -0.25) is 9.35 Å². The van der Waals surface area contributed by atoms with Crippen LogP contribution in [0.1, 0.15) is 200 Å². The van der Waals surface area contributed by atoms with Crippen molar-refractivity contribution in [1.82, 2.24) is 5.32 Å². The summed E-state index contributed by atoms with van der Waals surface area (Å²) in [6.45, 7) is 3.42. The molecule has 6 N–H and O–H groups in total. The molecule has 0 bridgehead atoms. The lowest BCUT2D eigenvalue weighted by molar-refractivity contribution is -0.298. The molecule has 332 valence electrons. The van der Waals surface area contributed by atoms with Gasteiger partial charge in [0.05, 0.1) is 25.4 Å². The van der Waals surface area contributed by atoms with Crippen LogP contribution in [-0.2, 0) is 28.9 Å². The van der Waals surface area contributed by atoms with Crippen molar-refractivity contribution < 1.29 is 51.8 Å². The van der Waals surface area contributed by atoms with E-state index in [1.165, 1.54) is 116 Å². The van der Waals surface area contributed by atoms with Crippen LogP contribution < -0.4 is 5.32 Å². The third kappa shape index (κ3) is 27.5. The Bertz CT molecular complexity index is 1060. The molecule has 1 aliphatic rings. The highest BCUT2D eigenvalue weighted by Gasteiger charge is 2.48. The second-order valence-corrected chi connectivity index (χ2v) is 17.0. The number of aliphatic hydroxyl groups is 4. The van der Waals surface area contributed by atoms with E-state index in [-0.39, 0.29) is 18.9 Å². The van der Waals surface area contributed by atoms with Crippen molar-refractivity contribution in [2.24, 2.45) is 0 Å². The lowest BCUT2D eigenvalue weighted by Crippen LogP contribution is -2.61. The predicted molar refractivity (Wildman–Crippen MR) is 222 cm³/mol. The van der Waals surface area contributed by atoms with Crippen LogP contribution >= 0.6 is 0 Å². The Morgan fingerprint density at radius 2 is 1.14 bits per heavy atom. The highest BCUT2D eigenvalue weighted by molar-refractivity contribution is 7.80. The zero-order chi connectivity index (χ0) is 41.3. The van der Waals surface area contributed by atoms with Gasteiger partial charge in [-0.25, -0.2) is 4.18 Å². The molecule has 7 atom stereocenters. The lowest BCUT2D eigenvalue weighted by atomic mass is 9.99. The summed E-state index contributed by atoms with van der Waals surface area (Å²) in [5.74, 6) is -0.235. The minimum atomic E-state index is -5.07. The summed E-state index contributed by atoms with van der Waals surface area (Å²) in [5.41, 5.74) is 0. The summed E-state index contributed by atoms with van der Waals surface area (Å²) in [7, 11) is -5.07. The molecule has 0 saturated carbocycles. The number of aliphatic hydroxyl groups excluding tert-OH is 4. The summed E-state index contributed by atoms with van der Waals surface area (Å²) in [4.78, 5) is 13.0. The van der Waals surface area contributed by atoms with Crippen molar-refractivity contribution in [2.75, 3.05) is 13.2 Å². The Kier molecular flexibility index (Phi) is 32.7. The molecule has 0 aromatic rings. The van der Waals surface area contributed by atoms with Crippen molar-refractivity contribution >= 4 is 16.3 Å². The van der Waals surface area contributed by atoms with Crippen LogP contribution in [0, 0.1) is 0 Å². The number of allylic oxidation sites excluding steroid dienone is 2. The van der Waals surface area contributed by atoms with Crippen molar-refractivity contribution in [3.63, 3.8) is 0 Å². The zero-order valence-corrected chi connectivity index (χ0v) is 36.0. The average Bonchev–Trinajstić information content (AvgIpc) is 3.16. The molecule has 1 amide bonds. The lowest BCUT2D eigenvalue weighted by Gasteiger charge is -2.41. The molecule has 13 heteroatoms. The molecule has 12 nitrogen and oxygen atoms in total. The van der Waals surface area contributed by atoms with Crippen LogP contribution in [0.4, 0.5) is 0 Å². The van der Waals surface area contributed by atoms with Gasteiger partial charge in [0.2, 0.25) is 5.91 Å². The number of nitrogens with one attached hydrogen (secondary N) is 1. The van der Waals surface area contributed by atoms with Crippen molar-refractivity contribution in [2.45, 2.75) is 243 Å². The molecular weight excluding hydrogens is 739 g/mol. The van der Waals surface area contributed by atoms with E-state index in [9.17, 15) is 38.2 Å². The first-order chi connectivity index (χ1) is 27.0. The summed E-state index contributed by atoms with van der Waals surface area (Å²) in [5, 5.41) is 44.8. The molecule has 0 aromatic carbocycles. The molecule has 1 fully saturated rings. The maximum Gasteiger partial charge on any atom is 0.397 e. The molecule has 0 radical (unpaired) electrons. The molecule has 1 saturated heterocycles. The second-order valence-electron chi connectivity index (χ2n) is 16.0. The second kappa shape index (κ2) is 34.7. The van der Waals surface area contributed by atoms with E-state index in [2.05, 4.69) is 35.5 Å². The fraction of sp³-hybridized carbons (Fsp3) is 0.930. The Balaban J connectivity index is 2.52. The maximum atomic E-state index is 13.0. The number of amides is 1. The van der Waals surface area contributed by atoms with E-state index >= 15 is 0 Å². The normalized spacial score (nSPS) is 21.4. The van der Waals surface area contributed by atoms with E-state index in [0.717, 1.165) is 51.4 Å². The van der Waals surface area contributed by atoms with E-state index in [1.54, 1.807) is 0 Å². The molecule has 0 aromatic heterocycles. The quantitative estimate of drug-likeness (QED) is 0.0199. The van der Waals surface area contributed by atoms with Gasteiger partial charge in [-0.2, -0.15) is 8.42 Å². The Labute approximate surface area is 340 Å². The van der Waals surface area contributed by atoms with Gasteiger partial charge in [-0.15, -0.1) is 0 Å². The highest BCUT2D eigenvalue weighted by atomic mass is 32.3. The number of carbonyl (C=O) groups is 1. The summed E-state index contributed by atoms with van der Waals surface area (Å²) >= 11 is 0. The largest absolute Gasteiger partial charge is 0.397 e. The number of hydrogen-bond donors (Lipinski definition) is 6. The number of hydrogen-bond acceptors (Lipinski definition) is 10. The average molecular weight is 822 g/mol. The molecule has 1 aliphatic heterocycles. The van der Waals surface area contributed by atoms with Gasteiger partial charge in [-0.1, -0.05) is 167 Å². The van der Waals surface area contributed by atoms with Crippen LogP contribution in [0.15, 0.2) is 12.2 Å². The van der Waals surface area contributed by atoms with E-state index in [0.29, 0.717) is 12.8 Å². The molecule has 1 heterocycles. The van der Waals surface area contributed by atoms with Crippen molar-refractivity contribution in [3.8, 4) is 0 Å². The summed E-state index contributed by atoms with van der Waals surface area (Å²) < 4.78 is 47.6. The Hall–Kier alpha value is -1.16. The smallest absolute Gasteiger partial charge is 0.394 e. The molecule has 7 unspecified atom stereocenters. The molecule has 0 aliphatic carbocycles. The van der Waals surface area contributed by atoms with E-state index < -0.39 is 59.9 Å². The third-order valence-corrected chi connectivity index (χ3v) is 11.3. The van der Waals surface area contributed by atoms with Gasteiger partial charge >= 0.3 is 10.4 Å². The Morgan fingerprint density at radius 1 is 0.696 bits per heavy atom. The van der Waals surface area contributed by atoms with Crippen LogP contribution in [0.25, 0.3) is 0 Å². The molecule has 1 rings (SSSR count). The van der Waals surface area contributed by atoms with Gasteiger partial charge in [0.25, 0.3) is 0 Å². The van der Waals surface area contributed by atoms with E-state index in [1.807, 2.05) is 0 Å². The van der Waals surface area contributed by atoms with Gasteiger partial charge in [0.1, 0.15) is 24.4 Å². The monoisotopic (exact) mass is 822 g/mol. The van der Waals surface area contributed by atoms with Crippen LogP contribution in [-0.4, -0.2) is 95.4 Å². The minimum Gasteiger partial charge on any atom is -0.394 e. The van der Waals surface area contributed by atoms with Crippen molar-refractivity contribution in [1.29, 1.82) is 0 Å². The molecule has 56 heavy (non-hydrogen) atoms. The first-order valence-electron chi connectivity index (χ1n) is 22.6. The van der Waals surface area contributed by atoms with E-state index in [4.69, 9.17) is 9.47 Å². The van der Waals surface area contributed by atoms with Crippen LogP contribution in [0.5, 0.6) is 0 Å². The van der Waals surface area contributed by atoms with Gasteiger partial charge in [0.15, 0.2) is 6.29 Å². The molecule has 0 spiro atoms. The number of carbonyl (C=O) groups excluding carboxylic acids is 1. The van der Waals surface area contributed by atoms with Crippen molar-refractivity contribution in [3.05, 3.63) is 12.2 Å².